The molecule has 0 spiro atoms. The number of hydrogen-bond acceptors (Lipinski definition) is 1. The second-order valence-electron chi connectivity index (χ2n) is 10.1. The Morgan fingerprint density at radius 2 is 0.950 bits per heavy atom. The van der Waals surface area contributed by atoms with Crippen molar-refractivity contribution in [2.75, 3.05) is 0 Å². The quantitative estimate of drug-likeness (QED) is 0.231. The van der Waals surface area contributed by atoms with E-state index in [9.17, 15) is 0 Å². The van der Waals surface area contributed by atoms with Gasteiger partial charge in [0.2, 0.25) is 0 Å². The zero-order chi connectivity index (χ0) is 26.5. The Balaban J connectivity index is 1.44. The lowest BCUT2D eigenvalue weighted by molar-refractivity contribution is 1.02. The highest BCUT2D eigenvalue weighted by molar-refractivity contribution is 6.22. The summed E-state index contributed by atoms with van der Waals surface area (Å²) >= 11 is 0. The van der Waals surface area contributed by atoms with Crippen LogP contribution in [0.5, 0.6) is 0 Å². The average molecular weight is 512 g/mol. The van der Waals surface area contributed by atoms with E-state index in [0.29, 0.717) is 0 Å². The first kappa shape index (κ1) is 22.6. The van der Waals surface area contributed by atoms with E-state index in [2.05, 4.69) is 155 Å². The molecule has 188 valence electrons. The Morgan fingerprint density at radius 1 is 0.400 bits per heavy atom. The number of hydrogen-bond donors (Lipinski definition) is 0. The summed E-state index contributed by atoms with van der Waals surface area (Å²) < 4.78 is 4.71. The minimum absolute atomic E-state index is 0.900. The number of fused-ring (bicyclic) bond motifs is 5. The van der Waals surface area contributed by atoms with Crippen LogP contribution in [-0.2, 0) is 0 Å². The third kappa shape index (κ3) is 3.49. The molecule has 0 fully saturated rings. The molecule has 8 aromatic rings. The normalized spacial score (nSPS) is 11.5. The molecule has 0 amide bonds. The van der Waals surface area contributed by atoms with Crippen LogP contribution in [0.1, 0.15) is 0 Å². The lowest BCUT2D eigenvalue weighted by Gasteiger charge is -2.14. The van der Waals surface area contributed by atoms with Crippen LogP contribution in [0.25, 0.3) is 66.7 Å². The SMILES string of the molecule is c1ccc(-c2ccc(-n3c4ccccc4c4c5ccccc5n(-c5cccc(-c6ccccc6)n5)c43)cc2)cc1. The lowest BCUT2D eigenvalue weighted by Crippen LogP contribution is -2.03. The van der Waals surface area contributed by atoms with Crippen molar-refractivity contribution in [3.05, 3.63) is 152 Å². The molecule has 0 saturated heterocycles. The van der Waals surface area contributed by atoms with Gasteiger partial charge >= 0.3 is 0 Å². The van der Waals surface area contributed by atoms with Gasteiger partial charge in [0.05, 0.1) is 16.7 Å². The second-order valence-corrected chi connectivity index (χ2v) is 10.1. The standard InChI is InChI=1S/C37H25N3/c1-3-12-26(13-4-1)27-22-24-29(25-23-27)39-33-19-9-7-16-30(33)36-31-17-8-10-20-34(31)40(37(36)39)35-21-11-18-32(38-35)28-14-5-2-6-15-28/h1-25H. The number of rotatable bonds is 4. The Labute approximate surface area is 232 Å². The molecule has 0 aliphatic rings. The Hall–Kier alpha value is -5.41. The molecule has 5 aromatic carbocycles. The van der Waals surface area contributed by atoms with Crippen molar-refractivity contribution in [1.82, 2.24) is 14.1 Å². The van der Waals surface area contributed by atoms with Crippen LogP contribution in [0.15, 0.2) is 152 Å². The maximum absolute atomic E-state index is 5.19. The fraction of sp³-hybridized carbons (Fsp3) is 0. The maximum atomic E-state index is 5.19. The Morgan fingerprint density at radius 3 is 1.62 bits per heavy atom. The molecule has 0 aliphatic heterocycles. The van der Waals surface area contributed by atoms with Gasteiger partial charge in [-0.3, -0.25) is 9.13 Å². The Bertz CT molecular complexity index is 2130. The van der Waals surface area contributed by atoms with Gasteiger partial charge in [-0.1, -0.05) is 115 Å². The van der Waals surface area contributed by atoms with Crippen LogP contribution in [0.2, 0.25) is 0 Å². The molecule has 3 heterocycles. The zero-order valence-electron chi connectivity index (χ0n) is 21.8. The fourth-order valence-electron chi connectivity index (χ4n) is 5.94. The lowest BCUT2D eigenvalue weighted by atomic mass is 10.1. The van der Waals surface area contributed by atoms with Crippen molar-refractivity contribution >= 4 is 32.8 Å². The van der Waals surface area contributed by atoms with Gasteiger partial charge < -0.3 is 0 Å². The minimum atomic E-state index is 0.900. The molecule has 0 N–H and O–H groups in total. The van der Waals surface area contributed by atoms with Crippen molar-refractivity contribution in [2.24, 2.45) is 0 Å². The van der Waals surface area contributed by atoms with Crippen LogP contribution in [0.4, 0.5) is 0 Å². The summed E-state index contributed by atoms with van der Waals surface area (Å²) in [6, 6.07) is 53.5. The summed E-state index contributed by atoms with van der Waals surface area (Å²) in [5.74, 6) is 0.900. The first-order valence-corrected chi connectivity index (χ1v) is 13.6. The number of pyridine rings is 1. The van der Waals surface area contributed by atoms with Gasteiger partial charge in [0.15, 0.2) is 0 Å². The second kappa shape index (κ2) is 9.11. The van der Waals surface area contributed by atoms with Crippen LogP contribution in [0, 0.1) is 0 Å². The van der Waals surface area contributed by atoms with Crippen molar-refractivity contribution < 1.29 is 0 Å². The summed E-state index contributed by atoms with van der Waals surface area (Å²) in [7, 11) is 0. The molecule has 40 heavy (non-hydrogen) atoms. The smallest absolute Gasteiger partial charge is 0.139 e. The highest BCUT2D eigenvalue weighted by Crippen LogP contribution is 2.40. The van der Waals surface area contributed by atoms with Crippen LogP contribution in [0.3, 0.4) is 0 Å². The van der Waals surface area contributed by atoms with Crippen molar-refractivity contribution in [1.29, 1.82) is 0 Å². The number of benzene rings is 5. The molecule has 0 atom stereocenters. The maximum Gasteiger partial charge on any atom is 0.139 e. The zero-order valence-corrected chi connectivity index (χ0v) is 21.8. The van der Waals surface area contributed by atoms with Gasteiger partial charge in [0, 0.05) is 27.4 Å². The van der Waals surface area contributed by atoms with Crippen LogP contribution in [-0.4, -0.2) is 14.1 Å². The monoisotopic (exact) mass is 511 g/mol. The van der Waals surface area contributed by atoms with Crippen molar-refractivity contribution in [2.45, 2.75) is 0 Å². The predicted octanol–water partition coefficient (Wildman–Crippen LogP) is 9.46. The van der Waals surface area contributed by atoms with Crippen molar-refractivity contribution in [3.8, 4) is 33.9 Å². The summed E-state index contributed by atoms with van der Waals surface area (Å²) in [6.45, 7) is 0. The fourth-order valence-corrected chi connectivity index (χ4v) is 5.94. The van der Waals surface area contributed by atoms with E-state index in [1.807, 2.05) is 6.07 Å². The summed E-state index contributed by atoms with van der Waals surface area (Å²) in [5, 5.41) is 3.70. The molecule has 8 rings (SSSR count). The minimum Gasteiger partial charge on any atom is -0.295 e. The molecule has 0 aliphatic carbocycles. The van der Waals surface area contributed by atoms with Crippen LogP contribution < -0.4 is 0 Å². The highest BCUT2D eigenvalue weighted by atomic mass is 15.2. The number of aromatic nitrogens is 3. The van der Waals surface area contributed by atoms with Gasteiger partial charge in [-0.15, -0.1) is 0 Å². The van der Waals surface area contributed by atoms with E-state index in [-0.39, 0.29) is 0 Å². The molecular weight excluding hydrogens is 486 g/mol. The van der Waals surface area contributed by atoms with Gasteiger partial charge in [0.1, 0.15) is 11.5 Å². The van der Waals surface area contributed by atoms with E-state index in [0.717, 1.165) is 33.9 Å². The third-order valence-corrected chi connectivity index (χ3v) is 7.74. The van der Waals surface area contributed by atoms with Gasteiger partial charge in [-0.2, -0.15) is 0 Å². The number of para-hydroxylation sites is 2. The molecular formula is C37H25N3. The summed E-state index contributed by atoms with van der Waals surface area (Å²) in [4.78, 5) is 5.19. The highest BCUT2D eigenvalue weighted by Gasteiger charge is 2.22. The van der Waals surface area contributed by atoms with Crippen LogP contribution >= 0.6 is 0 Å². The van der Waals surface area contributed by atoms with E-state index in [1.54, 1.807) is 0 Å². The third-order valence-electron chi connectivity index (χ3n) is 7.74. The molecule has 3 heteroatoms. The van der Waals surface area contributed by atoms with Crippen molar-refractivity contribution in [3.63, 3.8) is 0 Å². The molecule has 0 radical (unpaired) electrons. The molecule has 3 aromatic heterocycles. The van der Waals surface area contributed by atoms with E-state index < -0.39 is 0 Å². The van der Waals surface area contributed by atoms with E-state index in [1.165, 1.54) is 32.8 Å². The average Bonchev–Trinajstić information content (AvgIpc) is 3.55. The molecule has 0 saturated carbocycles. The van der Waals surface area contributed by atoms with E-state index in [4.69, 9.17) is 4.98 Å². The largest absolute Gasteiger partial charge is 0.295 e. The predicted molar refractivity (Wildman–Crippen MR) is 166 cm³/mol. The topological polar surface area (TPSA) is 22.8 Å². The molecule has 0 unspecified atom stereocenters. The van der Waals surface area contributed by atoms with E-state index >= 15 is 0 Å². The summed E-state index contributed by atoms with van der Waals surface area (Å²) in [6.07, 6.45) is 0. The first-order valence-electron chi connectivity index (χ1n) is 13.6. The summed E-state index contributed by atoms with van der Waals surface area (Å²) in [5.41, 5.74) is 9.04. The number of nitrogens with zero attached hydrogens (tertiary/aromatic N) is 3. The van der Waals surface area contributed by atoms with Gasteiger partial charge in [-0.25, -0.2) is 4.98 Å². The first-order chi connectivity index (χ1) is 19.9. The van der Waals surface area contributed by atoms with Gasteiger partial charge in [0.25, 0.3) is 0 Å². The van der Waals surface area contributed by atoms with Gasteiger partial charge in [-0.05, 0) is 47.5 Å². The molecule has 3 nitrogen and oxygen atoms in total. The Kier molecular flexibility index (Phi) is 5.14. The molecule has 0 bridgehead atoms.